The minimum Gasteiger partial charge on any atom is -0.453 e. The maximum Gasteiger partial charge on any atom is 0.170 e. The summed E-state index contributed by atoms with van der Waals surface area (Å²) >= 11 is 0. The van der Waals surface area contributed by atoms with Gasteiger partial charge in [0.05, 0.1) is 5.60 Å². The molecule has 0 heterocycles. The molecule has 1 unspecified atom stereocenters. The third kappa shape index (κ3) is 5.50. The van der Waals surface area contributed by atoms with Crippen molar-refractivity contribution in [1.29, 1.82) is 0 Å². The molecule has 32 heavy (non-hydrogen) atoms. The monoisotopic (exact) mass is 431 g/mol. The van der Waals surface area contributed by atoms with Gasteiger partial charge in [-0.25, -0.2) is 0 Å². The van der Waals surface area contributed by atoms with Crippen molar-refractivity contribution in [2.75, 3.05) is 20.6 Å². The fraction of sp³-hybridized carbons (Fsp3) is 0.357. The zero-order valence-corrected chi connectivity index (χ0v) is 19.0. The van der Waals surface area contributed by atoms with E-state index in [2.05, 4.69) is 25.1 Å². The van der Waals surface area contributed by atoms with E-state index in [9.17, 15) is 5.11 Å². The maximum absolute atomic E-state index is 11.6. The molecule has 0 aromatic heterocycles. The fourth-order valence-corrected chi connectivity index (χ4v) is 4.60. The van der Waals surface area contributed by atoms with E-state index in [1.807, 2.05) is 72.8 Å². The molecule has 1 saturated carbocycles. The van der Waals surface area contributed by atoms with Crippen LogP contribution in [0.1, 0.15) is 43.6 Å². The Kier molecular flexibility index (Phi) is 7.13. The van der Waals surface area contributed by atoms with Crippen LogP contribution in [-0.4, -0.2) is 36.2 Å². The molecule has 0 radical (unpaired) electrons. The minimum absolute atomic E-state index is 0.00157. The molecule has 0 bridgehead atoms. The molecule has 4 nitrogen and oxygen atoms in total. The lowest BCUT2D eigenvalue weighted by Gasteiger charge is -2.41. The molecular weight excluding hydrogens is 398 g/mol. The van der Waals surface area contributed by atoms with E-state index in [1.54, 1.807) is 0 Å². The second-order valence-electron chi connectivity index (χ2n) is 9.02. The summed E-state index contributed by atoms with van der Waals surface area (Å²) in [4.78, 5) is 2.16. The Morgan fingerprint density at radius 2 is 1.34 bits per heavy atom. The van der Waals surface area contributed by atoms with Crippen LogP contribution in [0.4, 0.5) is 0 Å². The van der Waals surface area contributed by atoms with Crippen LogP contribution >= 0.6 is 0 Å². The van der Waals surface area contributed by atoms with Gasteiger partial charge in [-0.2, -0.15) is 0 Å². The van der Waals surface area contributed by atoms with Crippen LogP contribution in [0.3, 0.4) is 0 Å². The Hall–Kier alpha value is -2.82. The Bertz CT molecular complexity index is 982. The van der Waals surface area contributed by atoms with Crippen LogP contribution in [0.25, 0.3) is 0 Å². The summed E-state index contributed by atoms with van der Waals surface area (Å²) in [6.07, 6.45) is 5.01. The minimum atomic E-state index is -0.700. The molecule has 0 saturated heterocycles. The predicted molar refractivity (Wildman–Crippen MR) is 129 cm³/mol. The standard InChI is InChI=1S/C28H33NO3/c1-29(2)21-25(28(30)18-10-5-11-19-28)22-16-17-26(31-23-12-6-3-7-13-23)27(20-22)32-24-14-8-4-9-15-24/h3-4,6-9,12-17,20,25,30H,5,10-11,18-19,21H2,1-2H3. The molecule has 0 amide bonds. The number of benzene rings is 3. The average molecular weight is 432 g/mol. The van der Waals surface area contributed by atoms with E-state index in [4.69, 9.17) is 9.47 Å². The van der Waals surface area contributed by atoms with Crippen molar-refractivity contribution >= 4 is 0 Å². The molecule has 4 heteroatoms. The summed E-state index contributed by atoms with van der Waals surface area (Å²) in [5, 5.41) is 11.6. The first-order valence-electron chi connectivity index (χ1n) is 11.5. The predicted octanol–water partition coefficient (Wildman–Crippen LogP) is 6.61. The molecule has 0 spiro atoms. The number of ether oxygens (including phenoxy) is 2. The highest BCUT2D eigenvalue weighted by atomic mass is 16.5. The van der Waals surface area contributed by atoms with Crippen molar-refractivity contribution in [2.24, 2.45) is 0 Å². The van der Waals surface area contributed by atoms with E-state index in [0.29, 0.717) is 11.5 Å². The van der Waals surface area contributed by atoms with Gasteiger partial charge in [-0.15, -0.1) is 0 Å². The van der Waals surface area contributed by atoms with Crippen molar-refractivity contribution in [1.82, 2.24) is 4.90 Å². The number of nitrogens with zero attached hydrogens (tertiary/aromatic N) is 1. The summed E-state index contributed by atoms with van der Waals surface area (Å²) in [5.74, 6) is 2.82. The molecular formula is C28H33NO3. The van der Waals surface area contributed by atoms with E-state index >= 15 is 0 Å². The third-order valence-corrected chi connectivity index (χ3v) is 6.23. The lowest BCUT2D eigenvalue weighted by atomic mass is 9.72. The van der Waals surface area contributed by atoms with Gasteiger partial charge in [0.2, 0.25) is 0 Å². The first kappa shape index (κ1) is 22.4. The summed E-state index contributed by atoms with van der Waals surface area (Å²) in [6.45, 7) is 0.778. The molecule has 1 fully saturated rings. The molecule has 3 aromatic carbocycles. The topological polar surface area (TPSA) is 41.9 Å². The normalized spacial score (nSPS) is 16.5. The van der Waals surface area contributed by atoms with Gasteiger partial charge in [-0.05, 0) is 68.9 Å². The zero-order chi connectivity index (χ0) is 22.4. The van der Waals surface area contributed by atoms with Gasteiger partial charge in [-0.3, -0.25) is 0 Å². The van der Waals surface area contributed by atoms with Crippen molar-refractivity contribution in [3.63, 3.8) is 0 Å². The van der Waals surface area contributed by atoms with E-state index < -0.39 is 5.60 Å². The van der Waals surface area contributed by atoms with Gasteiger partial charge in [0.1, 0.15) is 11.5 Å². The Morgan fingerprint density at radius 1 is 0.781 bits per heavy atom. The Labute approximate surface area is 191 Å². The van der Waals surface area contributed by atoms with Gasteiger partial charge in [0.25, 0.3) is 0 Å². The van der Waals surface area contributed by atoms with Crippen LogP contribution in [0.15, 0.2) is 78.9 Å². The highest BCUT2D eigenvalue weighted by molar-refractivity contribution is 5.49. The molecule has 3 aromatic rings. The quantitative estimate of drug-likeness (QED) is 0.436. The lowest BCUT2D eigenvalue weighted by molar-refractivity contribution is -0.0278. The molecule has 0 aliphatic heterocycles. The van der Waals surface area contributed by atoms with Gasteiger partial charge in [0.15, 0.2) is 11.5 Å². The largest absolute Gasteiger partial charge is 0.453 e. The Morgan fingerprint density at radius 3 is 1.91 bits per heavy atom. The third-order valence-electron chi connectivity index (χ3n) is 6.23. The smallest absolute Gasteiger partial charge is 0.170 e. The highest BCUT2D eigenvalue weighted by Crippen LogP contribution is 2.43. The molecule has 1 atom stereocenters. The number of hydrogen-bond donors (Lipinski definition) is 1. The maximum atomic E-state index is 11.6. The summed E-state index contributed by atoms with van der Waals surface area (Å²) < 4.78 is 12.4. The molecule has 4 rings (SSSR count). The zero-order valence-electron chi connectivity index (χ0n) is 19.0. The van der Waals surface area contributed by atoms with Crippen LogP contribution < -0.4 is 9.47 Å². The summed E-state index contributed by atoms with van der Waals surface area (Å²) in [5.41, 5.74) is 0.378. The first-order valence-corrected chi connectivity index (χ1v) is 11.5. The van der Waals surface area contributed by atoms with E-state index in [-0.39, 0.29) is 5.92 Å². The van der Waals surface area contributed by atoms with Gasteiger partial charge in [0, 0.05) is 12.5 Å². The number of hydrogen-bond acceptors (Lipinski definition) is 4. The number of para-hydroxylation sites is 2. The second-order valence-corrected chi connectivity index (χ2v) is 9.02. The van der Waals surface area contributed by atoms with E-state index in [1.165, 1.54) is 6.42 Å². The van der Waals surface area contributed by atoms with Crippen molar-refractivity contribution < 1.29 is 14.6 Å². The van der Waals surface area contributed by atoms with Crippen LogP contribution in [0.5, 0.6) is 23.0 Å². The van der Waals surface area contributed by atoms with Gasteiger partial charge >= 0.3 is 0 Å². The fourth-order valence-electron chi connectivity index (χ4n) is 4.60. The molecule has 168 valence electrons. The van der Waals surface area contributed by atoms with Crippen molar-refractivity contribution in [3.8, 4) is 23.0 Å². The molecule has 1 aliphatic rings. The van der Waals surface area contributed by atoms with Crippen LogP contribution in [0.2, 0.25) is 0 Å². The second kappa shape index (κ2) is 10.2. The SMILES string of the molecule is CN(C)CC(c1ccc(Oc2ccccc2)c(Oc2ccccc2)c1)C1(O)CCCCC1. The summed E-state index contributed by atoms with van der Waals surface area (Å²) in [6, 6.07) is 25.6. The van der Waals surface area contributed by atoms with Crippen LogP contribution in [-0.2, 0) is 0 Å². The van der Waals surface area contributed by atoms with Crippen molar-refractivity contribution in [2.45, 2.75) is 43.6 Å². The van der Waals surface area contributed by atoms with E-state index in [0.717, 1.165) is 49.3 Å². The van der Waals surface area contributed by atoms with Crippen molar-refractivity contribution in [3.05, 3.63) is 84.4 Å². The number of aliphatic hydroxyl groups is 1. The average Bonchev–Trinajstić information content (AvgIpc) is 2.80. The highest BCUT2D eigenvalue weighted by Gasteiger charge is 2.39. The molecule has 1 N–H and O–H groups in total. The number of likely N-dealkylation sites (N-methyl/N-ethyl adjacent to an activating group) is 1. The lowest BCUT2D eigenvalue weighted by Crippen LogP contribution is -2.42. The summed E-state index contributed by atoms with van der Waals surface area (Å²) in [7, 11) is 4.13. The Balaban J connectivity index is 1.71. The van der Waals surface area contributed by atoms with Gasteiger partial charge in [-0.1, -0.05) is 61.7 Å². The van der Waals surface area contributed by atoms with Crippen LogP contribution in [0, 0.1) is 0 Å². The molecule has 1 aliphatic carbocycles. The number of rotatable bonds is 8. The first-order chi connectivity index (χ1) is 15.5. The van der Waals surface area contributed by atoms with Gasteiger partial charge < -0.3 is 19.5 Å².